The number of rotatable bonds is 3. The van der Waals surface area contributed by atoms with E-state index in [1.165, 1.54) is 18.0 Å². The molecule has 1 N–H and O–H groups in total. The molecule has 1 amide bonds. The van der Waals surface area contributed by atoms with Gasteiger partial charge >= 0.3 is 29.6 Å². The van der Waals surface area contributed by atoms with E-state index in [2.05, 4.69) is 4.98 Å². The van der Waals surface area contributed by atoms with Crippen LogP contribution in [-0.4, -0.2) is 39.0 Å². The number of carbonyl (C=O) groups excluding carboxylic acids is 2. The maximum absolute atomic E-state index is 12.0. The fourth-order valence-electron chi connectivity index (χ4n) is 3.07. The third-order valence-electron chi connectivity index (χ3n) is 4.00. The molecule has 1 saturated heterocycles. The van der Waals surface area contributed by atoms with Gasteiger partial charge in [0.15, 0.2) is 0 Å². The van der Waals surface area contributed by atoms with Crippen molar-refractivity contribution in [2.24, 2.45) is 5.92 Å². The minimum atomic E-state index is -1.40. The summed E-state index contributed by atoms with van der Waals surface area (Å²) >= 11 is 5.72. The Morgan fingerprint density at radius 1 is 1.55 bits per heavy atom. The Bertz CT molecular complexity index is 659. The standard InChI is InChI=1S/C14H13ClN2O4.Na/c1-6(18)11-9-4-8(7-2-3-10(15)16-5-7)12(14(20)21)17(9)13(11)19;/h2-3,5-6,9,11,18H,4H2,1H3,(H,20,21);/q;+1/p-1/t6-,9-,11-;/m1./s1. The van der Waals surface area contributed by atoms with Gasteiger partial charge in [-0.15, -0.1) is 0 Å². The van der Waals surface area contributed by atoms with Gasteiger partial charge in [-0.25, -0.2) is 4.98 Å². The van der Waals surface area contributed by atoms with Crippen molar-refractivity contribution in [2.75, 3.05) is 0 Å². The third kappa shape index (κ3) is 2.59. The maximum atomic E-state index is 12.0. The largest absolute Gasteiger partial charge is 1.00 e. The van der Waals surface area contributed by atoms with E-state index in [1.54, 1.807) is 12.1 Å². The number of pyridine rings is 1. The first-order chi connectivity index (χ1) is 9.91. The smallest absolute Gasteiger partial charge is 0.543 e. The molecule has 110 valence electrons. The Morgan fingerprint density at radius 3 is 2.73 bits per heavy atom. The number of carboxylic acids is 1. The first kappa shape index (κ1) is 17.4. The van der Waals surface area contributed by atoms with Crippen LogP contribution in [0.1, 0.15) is 18.9 Å². The number of halogens is 1. The van der Waals surface area contributed by atoms with Gasteiger partial charge in [-0.2, -0.15) is 0 Å². The molecule has 2 aliphatic rings. The summed E-state index contributed by atoms with van der Waals surface area (Å²) < 4.78 is 0. The average Bonchev–Trinajstić information content (AvgIpc) is 2.74. The van der Waals surface area contributed by atoms with Crippen molar-refractivity contribution < 1.29 is 49.4 Å². The molecule has 6 nitrogen and oxygen atoms in total. The Kier molecular flexibility index (Phi) is 4.99. The zero-order valence-corrected chi connectivity index (χ0v) is 14.9. The van der Waals surface area contributed by atoms with Gasteiger partial charge in [0.1, 0.15) is 5.15 Å². The van der Waals surface area contributed by atoms with E-state index in [4.69, 9.17) is 11.6 Å². The van der Waals surface area contributed by atoms with Crippen molar-refractivity contribution in [1.82, 2.24) is 9.88 Å². The Morgan fingerprint density at radius 2 is 2.23 bits per heavy atom. The van der Waals surface area contributed by atoms with E-state index < -0.39 is 18.0 Å². The summed E-state index contributed by atoms with van der Waals surface area (Å²) in [6.45, 7) is 1.53. The van der Waals surface area contributed by atoms with Crippen LogP contribution >= 0.6 is 11.6 Å². The molecule has 8 heteroatoms. The number of amides is 1. The van der Waals surface area contributed by atoms with E-state index >= 15 is 0 Å². The van der Waals surface area contributed by atoms with Crippen molar-refractivity contribution in [3.05, 3.63) is 34.7 Å². The van der Waals surface area contributed by atoms with Gasteiger partial charge in [-0.05, 0) is 30.5 Å². The van der Waals surface area contributed by atoms with Gasteiger partial charge in [-0.1, -0.05) is 17.7 Å². The fourth-order valence-corrected chi connectivity index (χ4v) is 3.18. The molecule has 0 unspecified atom stereocenters. The number of aromatic nitrogens is 1. The van der Waals surface area contributed by atoms with Gasteiger partial charge in [-0.3, -0.25) is 4.79 Å². The van der Waals surface area contributed by atoms with Crippen LogP contribution in [0.5, 0.6) is 0 Å². The summed E-state index contributed by atoms with van der Waals surface area (Å²) in [5, 5.41) is 21.3. The number of nitrogens with zero attached hydrogens (tertiary/aromatic N) is 2. The summed E-state index contributed by atoms with van der Waals surface area (Å²) in [4.78, 5) is 28.6. The number of fused-ring (bicyclic) bond motifs is 1. The fraction of sp³-hybridized carbons (Fsp3) is 0.357. The second-order valence-electron chi connectivity index (χ2n) is 5.23. The second kappa shape index (κ2) is 6.29. The van der Waals surface area contributed by atoms with E-state index in [9.17, 15) is 19.8 Å². The van der Waals surface area contributed by atoms with Crippen LogP contribution in [-0.2, 0) is 9.59 Å². The Balaban J connectivity index is 0.00000176. The van der Waals surface area contributed by atoms with E-state index in [-0.39, 0.29) is 47.2 Å². The molecule has 0 saturated carbocycles. The number of carbonyl (C=O) groups is 2. The minimum absolute atomic E-state index is 0. The van der Waals surface area contributed by atoms with E-state index in [1.807, 2.05) is 0 Å². The Hall–Kier alpha value is -0.920. The van der Waals surface area contributed by atoms with Crippen LogP contribution in [0.15, 0.2) is 24.0 Å². The predicted octanol–water partition coefficient (Wildman–Crippen LogP) is -3.19. The minimum Gasteiger partial charge on any atom is -0.543 e. The SMILES string of the molecule is C[C@@H](O)[C@H]1C(=O)N2C(C(=O)[O-])=C(c3ccc(Cl)nc3)C[C@H]12.[Na+]. The van der Waals surface area contributed by atoms with Crippen LogP contribution in [0.2, 0.25) is 5.15 Å². The topological polar surface area (TPSA) is 93.6 Å². The molecule has 0 radical (unpaired) electrons. The average molecular weight is 331 g/mol. The molecule has 3 rings (SSSR count). The molecule has 1 aromatic rings. The number of aliphatic hydroxyl groups is 1. The van der Waals surface area contributed by atoms with Crippen LogP contribution in [0.4, 0.5) is 0 Å². The van der Waals surface area contributed by atoms with E-state index in [0.29, 0.717) is 22.7 Å². The summed E-state index contributed by atoms with van der Waals surface area (Å²) in [7, 11) is 0. The van der Waals surface area contributed by atoms with Crippen LogP contribution in [0, 0.1) is 5.92 Å². The predicted molar refractivity (Wildman–Crippen MR) is 71.6 cm³/mol. The maximum Gasteiger partial charge on any atom is 1.00 e. The van der Waals surface area contributed by atoms with Gasteiger partial charge in [0.2, 0.25) is 5.91 Å². The molecule has 0 spiro atoms. The van der Waals surface area contributed by atoms with Gasteiger partial charge in [0, 0.05) is 6.20 Å². The molecule has 1 aromatic heterocycles. The molecule has 1 fully saturated rings. The first-order valence-corrected chi connectivity index (χ1v) is 6.87. The summed E-state index contributed by atoms with van der Waals surface area (Å²) in [6, 6.07) is 2.87. The summed E-state index contributed by atoms with van der Waals surface area (Å²) in [6.07, 6.45) is 1.01. The zero-order chi connectivity index (χ0) is 15.3. The molecule has 2 aliphatic heterocycles. The van der Waals surface area contributed by atoms with Crippen molar-refractivity contribution in [1.29, 1.82) is 0 Å². The molecule has 0 bridgehead atoms. The monoisotopic (exact) mass is 330 g/mol. The summed E-state index contributed by atoms with van der Waals surface area (Å²) in [5.41, 5.74) is 0.942. The molecule has 0 aliphatic carbocycles. The quantitative estimate of drug-likeness (QED) is 0.358. The van der Waals surface area contributed by atoms with Crippen LogP contribution in [0.3, 0.4) is 0 Å². The first-order valence-electron chi connectivity index (χ1n) is 6.49. The second-order valence-corrected chi connectivity index (χ2v) is 5.62. The van der Waals surface area contributed by atoms with Crippen molar-refractivity contribution in [3.8, 4) is 0 Å². The van der Waals surface area contributed by atoms with Gasteiger partial charge in [0.05, 0.1) is 29.7 Å². The van der Waals surface area contributed by atoms with E-state index in [0.717, 1.165) is 0 Å². The molecule has 3 heterocycles. The molecule has 3 atom stereocenters. The van der Waals surface area contributed by atoms with Crippen LogP contribution < -0.4 is 34.7 Å². The molecular weight excluding hydrogens is 319 g/mol. The van der Waals surface area contributed by atoms with Crippen molar-refractivity contribution in [2.45, 2.75) is 25.5 Å². The normalized spacial score (nSPS) is 24.5. The molecule has 0 aromatic carbocycles. The Labute approximate surface area is 154 Å². The number of aliphatic hydroxyl groups excluding tert-OH is 1. The van der Waals surface area contributed by atoms with Gasteiger partial charge < -0.3 is 19.9 Å². The number of hydrogen-bond acceptors (Lipinski definition) is 5. The zero-order valence-electron chi connectivity index (χ0n) is 12.1. The number of carboxylic acid groups (broad SMARTS) is 1. The van der Waals surface area contributed by atoms with Crippen molar-refractivity contribution >= 4 is 29.1 Å². The van der Waals surface area contributed by atoms with Crippen molar-refractivity contribution in [3.63, 3.8) is 0 Å². The number of aliphatic carboxylic acids is 1. The number of β-lactam (4-membered cyclic amide) rings is 1. The molecular formula is C14H12ClN2NaO4. The third-order valence-corrected chi connectivity index (χ3v) is 4.22. The van der Waals surface area contributed by atoms with Crippen LogP contribution in [0.25, 0.3) is 5.57 Å². The molecule has 22 heavy (non-hydrogen) atoms. The number of hydrogen-bond donors (Lipinski definition) is 1. The van der Waals surface area contributed by atoms with Gasteiger partial charge in [0.25, 0.3) is 0 Å². The summed E-state index contributed by atoms with van der Waals surface area (Å²) in [5.74, 6) is -2.36.